The number of likely N-dealkylation sites (N-methyl/N-ethyl adjacent to an activating group) is 1. The number of fused-ring (bicyclic) bond motifs is 1. The molecule has 6 nitrogen and oxygen atoms in total. The number of benzene rings is 3. The van der Waals surface area contributed by atoms with Crippen LogP contribution in [-0.4, -0.2) is 36.2 Å². The molecular formula is C28H30N2O4. The zero-order valence-electron chi connectivity index (χ0n) is 19.6. The number of ether oxygens (including phenoxy) is 1. The van der Waals surface area contributed by atoms with Crippen molar-refractivity contribution in [1.82, 2.24) is 0 Å². The zero-order chi connectivity index (χ0) is 24.1. The number of hydrogen-bond donors (Lipinski definition) is 2. The fourth-order valence-corrected chi connectivity index (χ4v) is 4.51. The standard InChI is InChI=1S/C28H30N2O4/c1-3-4-16-34-25-13-9-8-12-23(25)26(31)29-22-14-15-24-21(17-22)19-28(27(32)33,30(24)2)18-20-10-6-5-7-11-20/h5-15,17H,3-4,16,18-19H2,1-2H3,(H,29,31)(H,32,33)/t28-/m0/s1. The summed E-state index contributed by atoms with van der Waals surface area (Å²) in [5.74, 6) is -0.562. The Bertz CT molecular complexity index is 1180. The molecule has 176 valence electrons. The Morgan fingerprint density at radius 3 is 2.53 bits per heavy atom. The molecule has 2 N–H and O–H groups in total. The van der Waals surface area contributed by atoms with Crippen molar-refractivity contribution in [3.05, 3.63) is 89.5 Å². The molecule has 34 heavy (non-hydrogen) atoms. The summed E-state index contributed by atoms with van der Waals surface area (Å²) in [5, 5.41) is 13.2. The average Bonchev–Trinajstić information content (AvgIpc) is 3.12. The van der Waals surface area contributed by atoms with Gasteiger partial charge in [0.1, 0.15) is 11.3 Å². The van der Waals surface area contributed by atoms with Crippen LogP contribution in [-0.2, 0) is 17.6 Å². The van der Waals surface area contributed by atoms with Crippen LogP contribution in [0.4, 0.5) is 11.4 Å². The number of rotatable bonds is 9. The normalized spacial score (nSPS) is 16.7. The van der Waals surface area contributed by atoms with Gasteiger partial charge in [0.25, 0.3) is 5.91 Å². The highest BCUT2D eigenvalue weighted by atomic mass is 16.5. The number of hydrogen-bond acceptors (Lipinski definition) is 4. The number of aliphatic carboxylic acids is 1. The molecule has 3 aromatic carbocycles. The first-order chi connectivity index (χ1) is 16.4. The Labute approximate surface area is 200 Å². The van der Waals surface area contributed by atoms with Crippen molar-refractivity contribution >= 4 is 23.3 Å². The van der Waals surface area contributed by atoms with Gasteiger partial charge >= 0.3 is 5.97 Å². The average molecular weight is 459 g/mol. The third-order valence-electron chi connectivity index (χ3n) is 6.45. The summed E-state index contributed by atoms with van der Waals surface area (Å²) >= 11 is 0. The molecular weight excluding hydrogens is 428 g/mol. The van der Waals surface area contributed by atoms with E-state index in [-0.39, 0.29) is 5.91 Å². The van der Waals surface area contributed by atoms with Crippen molar-refractivity contribution in [1.29, 1.82) is 0 Å². The van der Waals surface area contributed by atoms with Gasteiger partial charge in [-0.15, -0.1) is 0 Å². The van der Waals surface area contributed by atoms with Crippen molar-refractivity contribution in [3.63, 3.8) is 0 Å². The maximum absolute atomic E-state index is 13.0. The Kier molecular flexibility index (Phi) is 6.87. The van der Waals surface area contributed by atoms with Gasteiger partial charge in [-0.3, -0.25) is 4.79 Å². The summed E-state index contributed by atoms with van der Waals surface area (Å²) in [6.45, 7) is 2.65. The van der Waals surface area contributed by atoms with Crippen LogP contribution in [0.2, 0.25) is 0 Å². The summed E-state index contributed by atoms with van der Waals surface area (Å²) in [4.78, 5) is 27.3. The number of unbranched alkanes of at least 4 members (excludes halogenated alkanes) is 1. The quantitative estimate of drug-likeness (QED) is 0.432. The number of para-hydroxylation sites is 1. The van der Waals surface area contributed by atoms with Gasteiger partial charge in [0, 0.05) is 31.3 Å². The minimum atomic E-state index is -1.08. The summed E-state index contributed by atoms with van der Waals surface area (Å²) in [7, 11) is 1.82. The van der Waals surface area contributed by atoms with Crippen molar-refractivity contribution < 1.29 is 19.4 Å². The second-order valence-electron chi connectivity index (χ2n) is 8.73. The first-order valence-corrected chi connectivity index (χ1v) is 11.6. The molecule has 0 aromatic heterocycles. The van der Waals surface area contributed by atoms with E-state index in [1.807, 2.05) is 72.6 Å². The van der Waals surface area contributed by atoms with Crippen LogP contribution < -0.4 is 15.0 Å². The molecule has 0 saturated heterocycles. The molecule has 1 aliphatic heterocycles. The van der Waals surface area contributed by atoms with Gasteiger partial charge in [-0.25, -0.2) is 4.79 Å². The molecule has 0 fully saturated rings. The lowest BCUT2D eigenvalue weighted by Gasteiger charge is -2.34. The number of carbonyl (C=O) groups excluding carboxylic acids is 1. The van der Waals surface area contributed by atoms with Gasteiger partial charge in [0.2, 0.25) is 0 Å². The van der Waals surface area contributed by atoms with E-state index in [1.165, 1.54) is 0 Å². The number of amides is 1. The lowest BCUT2D eigenvalue weighted by Crippen LogP contribution is -2.53. The Morgan fingerprint density at radius 2 is 1.79 bits per heavy atom. The lowest BCUT2D eigenvalue weighted by molar-refractivity contribution is -0.143. The SMILES string of the molecule is CCCCOc1ccccc1C(=O)Nc1ccc2c(c1)C[C@@](Cc1ccccc1)(C(=O)O)N2C. The lowest BCUT2D eigenvalue weighted by atomic mass is 9.87. The molecule has 6 heteroatoms. The van der Waals surface area contributed by atoms with E-state index in [2.05, 4.69) is 12.2 Å². The Balaban J connectivity index is 1.55. The summed E-state index contributed by atoms with van der Waals surface area (Å²) in [6, 6.07) is 22.4. The molecule has 0 aliphatic carbocycles. The van der Waals surface area contributed by atoms with Gasteiger partial charge in [-0.2, -0.15) is 0 Å². The molecule has 3 aromatic rings. The molecule has 1 heterocycles. The number of anilines is 2. The van der Waals surface area contributed by atoms with E-state index in [0.717, 1.165) is 29.7 Å². The predicted octanol–water partition coefficient (Wildman–Crippen LogP) is 5.18. The second kappa shape index (κ2) is 10.00. The molecule has 0 saturated carbocycles. The van der Waals surface area contributed by atoms with E-state index in [1.54, 1.807) is 12.1 Å². The number of carbonyl (C=O) groups is 2. The maximum Gasteiger partial charge on any atom is 0.330 e. The van der Waals surface area contributed by atoms with Crippen LogP contribution in [0, 0.1) is 0 Å². The van der Waals surface area contributed by atoms with Gasteiger partial charge in [0.05, 0.1) is 12.2 Å². The molecule has 0 unspecified atom stereocenters. The summed E-state index contributed by atoms with van der Waals surface area (Å²) < 4.78 is 5.80. The van der Waals surface area contributed by atoms with Gasteiger partial charge < -0.3 is 20.1 Å². The van der Waals surface area contributed by atoms with Gasteiger partial charge in [0.15, 0.2) is 0 Å². The molecule has 4 rings (SSSR count). The van der Waals surface area contributed by atoms with E-state index < -0.39 is 11.5 Å². The molecule has 1 atom stereocenters. The molecule has 0 spiro atoms. The minimum absolute atomic E-state index is 0.257. The number of carboxylic acids is 1. The third-order valence-corrected chi connectivity index (χ3v) is 6.45. The first-order valence-electron chi connectivity index (χ1n) is 11.6. The fraction of sp³-hybridized carbons (Fsp3) is 0.286. The monoisotopic (exact) mass is 458 g/mol. The maximum atomic E-state index is 13.0. The van der Waals surface area contributed by atoms with Crippen molar-refractivity contribution in [2.75, 3.05) is 23.9 Å². The van der Waals surface area contributed by atoms with E-state index in [4.69, 9.17) is 4.74 Å². The number of nitrogens with one attached hydrogen (secondary N) is 1. The highest BCUT2D eigenvalue weighted by molar-refractivity contribution is 6.06. The van der Waals surface area contributed by atoms with Crippen molar-refractivity contribution in [3.8, 4) is 5.75 Å². The zero-order valence-corrected chi connectivity index (χ0v) is 19.6. The third kappa shape index (κ3) is 4.62. The largest absolute Gasteiger partial charge is 0.493 e. The van der Waals surface area contributed by atoms with Crippen LogP contribution in [0.15, 0.2) is 72.8 Å². The second-order valence-corrected chi connectivity index (χ2v) is 8.73. The highest BCUT2D eigenvalue weighted by Crippen LogP contribution is 2.41. The summed E-state index contributed by atoms with van der Waals surface area (Å²) in [6.07, 6.45) is 2.67. The highest BCUT2D eigenvalue weighted by Gasteiger charge is 2.48. The minimum Gasteiger partial charge on any atom is -0.493 e. The number of nitrogens with zero attached hydrogens (tertiary/aromatic N) is 1. The van der Waals surface area contributed by atoms with E-state index in [0.29, 0.717) is 36.4 Å². The molecule has 0 bridgehead atoms. The molecule has 1 aliphatic rings. The van der Waals surface area contributed by atoms with Crippen LogP contribution in [0.5, 0.6) is 5.75 Å². The Hall–Kier alpha value is -3.80. The van der Waals surface area contributed by atoms with Gasteiger partial charge in [-0.1, -0.05) is 55.8 Å². The van der Waals surface area contributed by atoms with E-state index in [9.17, 15) is 14.7 Å². The van der Waals surface area contributed by atoms with Crippen LogP contribution in [0.25, 0.3) is 0 Å². The number of carboxylic acid groups (broad SMARTS) is 1. The van der Waals surface area contributed by atoms with Crippen LogP contribution >= 0.6 is 0 Å². The smallest absolute Gasteiger partial charge is 0.330 e. The van der Waals surface area contributed by atoms with Crippen LogP contribution in [0.1, 0.15) is 41.3 Å². The molecule has 0 radical (unpaired) electrons. The van der Waals surface area contributed by atoms with Crippen molar-refractivity contribution in [2.45, 2.75) is 38.1 Å². The first kappa shape index (κ1) is 23.4. The van der Waals surface area contributed by atoms with E-state index >= 15 is 0 Å². The summed E-state index contributed by atoms with van der Waals surface area (Å²) in [5.41, 5.74) is 2.75. The predicted molar refractivity (Wildman–Crippen MR) is 134 cm³/mol. The fourth-order valence-electron chi connectivity index (χ4n) is 4.51. The van der Waals surface area contributed by atoms with Crippen molar-refractivity contribution in [2.24, 2.45) is 0 Å². The van der Waals surface area contributed by atoms with Gasteiger partial charge in [-0.05, 0) is 47.9 Å². The topological polar surface area (TPSA) is 78.9 Å². The van der Waals surface area contributed by atoms with Crippen LogP contribution in [0.3, 0.4) is 0 Å². The Morgan fingerprint density at radius 1 is 1.06 bits per heavy atom. The molecule has 1 amide bonds.